The smallest absolute Gasteiger partial charge is 0.321 e. The molecule has 1 aromatic heterocycles. The van der Waals surface area contributed by atoms with Gasteiger partial charge < -0.3 is 10.4 Å². The van der Waals surface area contributed by atoms with Gasteiger partial charge in [-0.1, -0.05) is 35.6 Å². The van der Waals surface area contributed by atoms with E-state index in [0.29, 0.717) is 11.6 Å². The Morgan fingerprint density at radius 2 is 2.10 bits per heavy atom. The molecule has 2 unspecified atom stereocenters. The first-order valence-electron chi connectivity index (χ1n) is 6.46. The largest absolute Gasteiger partial charge is 0.481 e. The fourth-order valence-electron chi connectivity index (χ4n) is 2.22. The van der Waals surface area contributed by atoms with Gasteiger partial charge in [-0.25, -0.2) is 9.78 Å². The van der Waals surface area contributed by atoms with Gasteiger partial charge in [0.1, 0.15) is 0 Å². The van der Waals surface area contributed by atoms with Crippen LogP contribution in [0.5, 0.6) is 0 Å². The van der Waals surface area contributed by atoms with Gasteiger partial charge in [0.25, 0.3) is 0 Å². The minimum absolute atomic E-state index is 0.263. The Bertz CT molecular complexity index is 692. The van der Waals surface area contributed by atoms with E-state index in [4.69, 9.17) is 5.11 Å². The Labute approximate surface area is 124 Å². The lowest BCUT2D eigenvalue weighted by Gasteiger charge is -2.11. The summed E-state index contributed by atoms with van der Waals surface area (Å²) >= 11 is 1.39. The van der Waals surface area contributed by atoms with Crippen LogP contribution in [-0.4, -0.2) is 28.1 Å². The number of anilines is 1. The van der Waals surface area contributed by atoms with Crippen LogP contribution in [0, 0.1) is 5.92 Å². The third kappa shape index (κ3) is 3.03. The minimum Gasteiger partial charge on any atom is -0.481 e. The number of para-hydroxylation sites is 1. The molecular formula is C14H13N3O3S. The van der Waals surface area contributed by atoms with E-state index in [-0.39, 0.29) is 12.1 Å². The molecule has 0 bridgehead atoms. The second-order valence-corrected chi connectivity index (χ2v) is 5.79. The van der Waals surface area contributed by atoms with Crippen molar-refractivity contribution in [2.45, 2.75) is 12.5 Å². The van der Waals surface area contributed by atoms with Gasteiger partial charge in [-0.15, -0.1) is 0 Å². The Morgan fingerprint density at radius 1 is 1.29 bits per heavy atom. The highest BCUT2D eigenvalue weighted by molar-refractivity contribution is 7.22. The van der Waals surface area contributed by atoms with E-state index in [2.05, 4.69) is 15.6 Å². The molecule has 0 saturated carbocycles. The fourth-order valence-corrected chi connectivity index (χ4v) is 3.08. The Balaban J connectivity index is 1.59. The number of carbonyl (C=O) groups is 2. The highest BCUT2D eigenvalue weighted by Gasteiger charge is 2.25. The fraction of sp³-hybridized carbons (Fsp3) is 0.214. The minimum atomic E-state index is -0.873. The molecule has 6 nitrogen and oxygen atoms in total. The number of nitrogens with one attached hydrogen (secondary N) is 2. The average molecular weight is 303 g/mol. The second kappa shape index (κ2) is 5.53. The van der Waals surface area contributed by atoms with Crippen molar-refractivity contribution in [1.82, 2.24) is 10.3 Å². The van der Waals surface area contributed by atoms with Crippen LogP contribution in [0.1, 0.15) is 6.42 Å². The number of amides is 2. The van der Waals surface area contributed by atoms with Crippen molar-refractivity contribution >= 4 is 38.7 Å². The van der Waals surface area contributed by atoms with Gasteiger partial charge >= 0.3 is 12.0 Å². The summed E-state index contributed by atoms with van der Waals surface area (Å²) in [5.74, 6) is -1.40. The quantitative estimate of drug-likeness (QED) is 0.759. The standard InChI is InChI=1S/C14H13N3O3S/c18-12(19)8-5-6-9(7-8)15-13(20)17-14-16-10-3-1-2-4-11(10)21-14/h1-6,8-9H,7H2,(H,18,19)(H2,15,16,17,20). The molecule has 7 heteroatoms. The summed E-state index contributed by atoms with van der Waals surface area (Å²) in [4.78, 5) is 27.0. The van der Waals surface area contributed by atoms with Gasteiger partial charge in [-0.05, 0) is 18.6 Å². The number of carboxylic acids is 1. The number of rotatable bonds is 3. The normalized spacial score (nSPS) is 20.6. The van der Waals surface area contributed by atoms with Gasteiger partial charge in [-0.3, -0.25) is 10.1 Å². The zero-order chi connectivity index (χ0) is 14.8. The van der Waals surface area contributed by atoms with Crippen LogP contribution in [0.15, 0.2) is 36.4 Å². The number of urea groups is 1. The molecule has 21 heavy (non-hydrogen) atoms. The predicted molar refractivity (Wildman–Crippen MR) is 80.4 cm³/mol. The van der Waals surface area contributed by atoms with Gasteiger partial charge in [0.2, 0.25) is 0 Å². The van der Waals surface area contributed by atoms with Crippen LogP contribution < -0.4 is 10.6 Å². The molecule has 2 amide bonds. The topological polar surface area (TPSA) is 91.3 Å². The summed E-state index contributed by atoms with van der Waals surface area (Å²) in [7, 11) is 0. The second-order valence-electron chi connectivity index (χ2n) is 4.76. The Kier molecular flexibility index (Phi) is 3.57. The van der Waals surface area contributed by atoms with Crippen molar-refractivity contribution < 1.29 is 14.7 Å². The molecule has 0 radical (unpaired) electrons. The molecular weight excluding hydrogens is 290 g/mol. The van der Waals surface area contributed by atoms with Crippen molar-refractivity contribution in [2.75, 3.05) is 5.32 Å². The van der Waals surface area contributed by atoms with E-state index >= 15 is 0 Å². The Morgan fingerprint density at radius 3 is 2.81 bits per heavy atom. The first-order chi connectivity index (χ1) is 10.1. The van der Waals surface area contributed by atoms with Crippen molar-refractivity contribution in [3.05, 3.63) is 36.4 Å². The number of carbonyl (C=O) groups excluding carboxylic acids is 1. The first-order valence-corrected chi connectivity index (χ1v) is 7.28. The molecule has 0 fully saturated rings. The number of benzene rings is 1. The van der Waals surface area contributed by atoms with Crippen molar-refractivity contribution in [3.8, 4) is 0 Å². The lowest BCUT2D eigenvalue weighted by atomic mass is 10.1. The van der Waals surface area contributed by atoms with E-state index in [1.54, 1.807) is 12.2 Å². The third-order valence-electron chi connectivity index (χ3n) is 3.23. The molecule has 0 aliphatic heterocycles. The van der Waals surface area contributed by atoms with Crippen LogP contribution in [0.2, 0.25) is 0 Å². The molecule has 1 aliphatic carbocycles. The molecule has 2 atom stereocenters. The lowest BCUT2D eigenvalue weighted by molar-refractivity contribution is -0.140. The first kappa shape index (κ1) is 13.6. The van der Waals surface area contributed by atoms with Crippen LogP contribution in [0.25, 0.3) is 10.2 Å². The van der Waals surface area contributed by atoms with Gasteiger partial charge in [0.05, 0.1) is 22.2 Å². The van der Waals surface area contributed by atoms with E-state index in [1.165, 1.54) is 11.3 Å². The van der Waals surface area contributed by atoms with E-state index in [1.807, 2.05) is 24.3 Å². The van der Waals surface area contributed by atoms with Crippen molar-refractivity contribution in [3.63, 3.8) is 0 Å². The zero-order valence-electron chi connectivity index (χ0n) is 10.9. The zero-order valence-corrected chi connectivity index (χ0v) is 11.8. The third-order valence-corrected chi connectivity index (χ3v) is 4.18. The molecule has 108 valence electrons. The monoisotopic (exact) mass is 303 g/mol. The average Bonchev–Trinajstić information content (AvgIpc) is 3.04. The number of hydrogen-bond acceptors (Lipinski definition) is 4. The summed E-state index contributed by atoms with van der Waals surface area (Å²) in [5.41, 5.74) is 0.838. The van der Waals surface area contributed by atoms with Gasteiger partial charge in [-0.2, -0.15) is 0 Å². The summed E-state index contributed by atoms with van der Waals surface area (Å²) in [6.07, 6.45) is 3.68. The van der Waals surface area contributed by atoms with E-state index < -0.39 is 11.9 Å². The number of aromatic nitrogens is 1. The van der Waals surface area contributed by atoms with Gasteiger partial charge in [0.15, 0.2) is 5.13 Å². The number of thiazole rings is 1. The Hall–Kier alpha value is -2.41. The highest BCUT2D eigenvalue weighted by Crippen LogP contribution is 2.25. The number of aliphatic carboxylic acids is 1. The van der Waals surface area contributed by atoms with Gasteiger partial charge in [0, 0.05) is 0 Å². The molecule has 2 aromatic rings. The molecule has 3 rings (SSSR count). The van der Waals surface area contributed by atoms with Crippen LogP contribution >= 0.6 is 11.3 Å². The van der Waals surface area contributed by atoms with Crippen molar-refractivity contribution in [1.29, 1.82) is 0 Å². The molecule has 1 aliphatic rings. The SMILES string of the molecule is O=C(Nc1nc2ccccc2s1)NC1C=CC(C(=O)O)C1. The van der Waals surface area contributed by atoms with Crippen LogP contribution in [0.3, 0.4) is 0 Å². The molecule has 1 heterocycles. The van der Waals surface area contributed by atoms with E-state index in [9.17, 15) is 9.59 Å². The molecule has 3 N–H and O–H groups in total. The summed E-state index contributed by atoms with van der Waals surface area (Å²) in [5, 5.41) is 14.8. The molecule has 1 aromatic carbocycles. The number of carboxylic acid groups (broad SMARTS) is 1. The lowest BCUT2D eigenvalue weighted by Crippen LogP contribution is -2.36. The van der Waals surface area contributed by atoms with Crippen molar-refractivity contribution in [2.24, 2.45) is 5.92 Å². The van der Waals surface area contributed by atoms with E-state index in [0.717, 1.165) is 10.2 Å². The van der Waals surface area contributed by atoms with Crippen LogP contribution in [-0.2, 0) is 4.79 Å². The molecule has 0 saturated heterocycles. The summed E-state index contributed by atoms with van der Waals surface area (Å²) in [6.45, 7) is 0. The maximum atomic E-state index is 11.9. The molecule has 0 spiro atoms. The highest BCUT2D eigenvalue weighted by atomic mass is 32.1. The van der Waals surface area contributed by atoms with Crippen LogP contribution in [0.4, 0.5) is 9.93 Å². The number of hydrogen-bond donors (Lipinski definition) is 3. The maximum absolute atomic E-state index is 11.9. The summed E-state index contributed by atoms with van der Waals surface area (Å²) in [6, 6.07) is 6.98. The number of fused-ring (bicyclic) bond motifs is 1. The summed E-state index contributed by atoms with van der Waals surface area (Å²) < 4.78 is 1.000. The maximum Gasteiger partial charge on any atom is 0.321 e. The predicted octanol–water partition coefficient (Wildman–Crippen LogP) is 2.45. The number of nitrogens with zero attached hydrogens (tertiary/aromatic N) is 1.